The van der Waals surface area contributed by atoms with Gasteiger partial charge in [-0.1, -0.05) is 66.7 Å². The number of nitrogens with zero attached hydrogens (tertiary/aromatic N) is 1. The van der Waals surface area contributed by atoms with E-state index in [9.17, 15) is 0 Å². The molecule has 1 unspecified atom stereocenters. The summed E-state index contributed by atoms with van der Waals surface area (Å²) in [6.45, 7) is 2.18. The summed E-state index contributed by atoms with van der Waals surface area (Å²) in [5.41, 5.74) is 7.02. The molecule has 1 aliphatic heterocycles. The maximum Gasteiger partial charge on any atom is 0.0554 e. The lowest BCUT2D eigenvalue weighted by atomic mass is 9.86. The highest BCUT2D eigenvalue weighted by molar-refractivity contribution is 6.25. The Labute approximate surface area is 188 Å². The van der Waals surface area contributed by atoms with Crippen LogP contribution in [0.1, 0.15) is 35.6 Å². The van der Waals surface area contributed by atoms with Gasteiger partial charge in [0.15, 0.2) is 0 Å². The Morgan fingerprint density at radius 3 is 2.58 bits per heavy atom. The molecule has 0 radical (unpaired) electrons. The molecule has 2 heteroatoms. The van der Waals surface area contributed by atoms with Crippen molar-refractivity contribution in [1.82, 2.24) is 0 Å². The molecule has 0 amide bonds. The number of hydrogen-bond acceptors (Lipinski definition) is 1. The fourth-order valence-corrected chi connectivity index (χ4v) is 5.07. The summed E-state index contributed by atoms with van der Waals surface area (Å²) in [4.78, 5) is 4.08. The van der Waals surface area contributed by atoms with Gasteiger partial charge < -0.3 is 0 Å². The maximum atomic E-state index is 6.41. The number of aliphatic imine (C=N–C) groups is 1. The molecule has 6 rings (SSSR count). The van der Waals surface area contributed by atoms with Crippen LogP contribution in [0.5, 0.6) is 0 Å². The molecule has 3 aromatic rings. The monoisotopic (exact) mass is 423 g/mol. The molecular formula is C29H26ClN. The van der Waals surface area contributed by atoms with Gasteiger partial charge in [-0.2, -0.15) is 0 Å². The number of benzene rings is 3. The molecule has 0 bridgehead atoms. The van der Waals surface area contributed by atoms with Gasteiger partial charge >= 0.3 is 0 Å². The van der Waals surface area contributed by atoms with E-state index in [1.54, 1.807) is 0 Å². The standard InChI is InChI=1S/C19H17Cl.C10H9N/c1-12-14-8-9-17-15-5-3-2-4-13(15)6-7-18(17)16(14)10-11-19(12)20;1-2-4-10-6-8-11-7-5-9(10)3-1/h2-6,8-9,19H,7,10-11H2,1H3;1-5,7-8H,6H2. The van der Waals surface area contributed by atoms with Gasteiger partial charge in [-0.05, 0) is 81.0 Å². The molecule has 2 aliphatic carbocycles. The summed E-state index contributed by atoms with van der Waals surface area (Å²) >= 11 is 6.41. The lowest BCUT2D eigenvalue weighted by molar-refractivity contribution is 0.811. The lowest BCUT2D eigenvalue weighted by Gasteiger charge is -2.22. The van der Waals surface area contributed by atoms with Crippen molar-refractivity contribution in [2.45, 2.75) is 38.0 Å². The van der Waals surface area contributed by atoms with E-state index in [0.29, 0.717) is 0 Å². The molecule has 0 N–H and O–H groups in total. The number of alkyl halides is 1. The van der Waals surface area contributed by atoms with Gasteiger partial charge in [0.05, 0.1) is 5.38 Å². The first kappa shape index (κ1) is 20.0. The Bertz CT molecular complexity index is 1410. The van der Waals surface area contributed by atoms with E-state index in [-0.39, 0.29) is 5.38 Å². The van der Waals surface area contributed by atoms with Crippen molar-refractivity contribution in [3.63, 3.8) is 0 Å². The highest BCUT2D eigenvalue weighted by Crippen LogP contribution is 2.24. The summed E-state index contributed by atoms with van der Waals surface area (Å²) in [5.74, 6) is 0. The largest absolute Gasteiger partial charge is 0.269 e. The summed E-state index contributed by atoms with van der Waals surface area (Å²) in [7, 11) is 0. The zero-order valence-electron chi connectivity index (χ0n) is 17.8. The fourth-order valence-electron chi connectivity index (χ4n) is 4.84. The highest BCUT2D eigenvalue weighted by atomic mass is 35.5. The Kier molecular flexibility index (Phi) is 5.61. The van der Waals surface area contributed by atoms with Gasteiger partial charge in [-0.25, -0.2) is 0 Å². The van der Waals surface area contributed by atoms with Crippen LogP contribution in [-0.2, 0) is 19.3 Å². The summed E-state index contributed by atoms with van der Waals surface area (Å²) in [6.07, 6.45) is 12.4. The van der Waals surface area contributed by atoms with Crippen molar-refractivity contribution in [3.8, 4) is 0 Å². The molecule has 1 nitrogen and oxygen atoms in total. The van der Waals surface area contributed by atoms with E-state index in [4.69, 9.17) is 11.6 Å². The van der Waals surface area contributed by atoms with E-state index in [1.165, 1.54) is 48.7 Å². The lowest BCUT2D eigenvalue weighted by Crippen LogP contribution is -2.26. The summed E-state index contributed by atoms with van der Waals surface area (Å²) < 4.78 is 0. The quantitative estimate of drug-likeness (QED) is 0.434. The summed E-state index contributed by atoms with van der Waals surface area (Å²) in [5, 5.41) is 5.76. The van der Waals surface area contributed by atoms with Crippen LogP contribution in [0.2, 0.25) is 0 Å². The molecule has 0 aromatic heterocycles. The van der Waals surface area contributed by atoms with Crippen molar-refractivity contribution >= 4 is 35.5 Å². The predicted molar refractivity (Wildman–Crippen MR) is 133 cm³/mol. The summed E-state index contributed by atoms with van der Waals surface area (Å²) in [6, 6.07) is 21.6. The van der Waals surface area contributed by atoms with Crippen LogP contribution >= 0.6 is 11.6 Å². The van der Waals surface area contributed by atoms with Crippen LogP contribution in [0, 0.1) is 10.4 Å². The smallest absolute Gasteiger partial charge is 0.0554 e. The maximum absolute atomic E-state index is 6.41. The topological polar surface area (TPSA) is 12.4 Å². The van der Waals surface area contributed by atoms with Gasteiger partial charge in [0.1, 0.15) is 0 Å². The molecule has 154 valence electrons. The van der Waals surface area contributed by atoms with Gasteiger partial charge in [0.25, 0.3) is 0 Å². The van der Waals surface area contributed by atoms with Crippen molar-refractivity contribution in [3.05, 3.63) is 110 Å². The second-order valence-corrected chi connectivity index (χ2v) is 8.88. The van der Waals surface area contributed by atoms with E-state index < -0.39 is 0 Å². The van der Waals surface area contributed by atoms with Gasteiger partial charge in [0, 0.05) is 18.8 Å². The number of fused-ring (bicyclic) bond motifs is 5. The van der Waals surface area contributed by atoms with Crippen molar-refractivity contribution in [2.24, 2.45) is 4.99 Å². The van der Waals surface area contributed by atoms with Crippen molar-refractivity contribution in [2.75, 3.05) is 0 Å². The molecule has 3 aromatic carbocycles. The van der Waals surface area contributed by atoms with E-state index in [1.807, 2.05) is 18.5 Å². The van der Waals surface area contributed by atoms with E-state index in [2.05, 4.69) is 78.7 Å². The number of halogens is 1. The van der Waals surface area contributed by atoms with E-state index >= 15 is 0 Å². The van der Waals surface area contributed by atoms with Gasteiger partial charge in [0.2, 0.25) is 0 Å². The predicted octanol–water partition coefficient (Wildman–Crippen LogP) is 5.32. The SMILES string of the molecule is C1=Cc2ccccc2CC=N1.CC1=c2ccc3c(c2CCC1Cl)CC=c1ccccc1=3. The normalized spacial score (nSPS) is 17.7. The second kappa shape index (κ2) is 8.69. The molecule has 0 saturated carbocycles. The van der Waals surface area contributed by atoms with Crippen LogP contribution in [0.25, 0.3) is 17.7 Å². The molecule has 1 atom stereocenters. The first-order chi connectivity index (χ1) is 15.2. The van der Waals surface area contributed by atoms with E-state index in [0.717, 1.165) is 25.7 Å². The fraction of sp³-hybridized carbons (Fsp3) is 0.207. The Morgan fingerprint density at radius 2 is 1.65 bits per heavy atom. The molecular weight excluding hydrogens is 398 g/mol. The third-order valence-electron chi connectivity index (χ3n) is 6.56. The zero-order valence-corrected chi connectivity index (χ0v) is 18.6. The van der Waals surface area contributed by atoms with Crippen LogP contribution in [0.15, 0.2) is 71.9 Å². The molecule has 3 aliphatic rings. The van der Waals surface area contributed by atoms with Crippen LogP contribution in [0.3, 0.4) is 0 Å². The van der Waals surface area contributed by atoms with Crippen LogP contribution in [-0.4, -0.2) is 11.6 Å². The van der Waals surface area contributed by atoms with Crippen molar-refractivity contribution < 1.29 is 0 Å². The third-order valence-corrected chi connectivity index (χ3v) is 7.11. The minimum Gasteiger partial charge on any atom is -0.269 e. The number of hydrogen-bond donors (Lipinski definition) is 0. The van der Waals surface area contributed by atoms with Crippen molar-refractivity contribution in [1.29, 1.82) is 0 Å². The van der Waals surface area contributed by atoms with Gasteiger partial charge in [-0.15, -0.1) is 11.6 Å². The average Bonchev–Trinajstić information content (AvgIpc) is 3.07. The minimum absolute atomic E-state index is 0.209. The minimum atomic E-state index is 0.209. The Balaban J connectivity index is 0.000000157. The Hall–Kier alpha value is -2.90. The molecule has 0 saturated heterocycles. The zero-order chi connectivity index (χ0) is 21.2. The number of rotatable bonds is 0. The highest BCUT2D eigenvalue weighted by Gasteiger charge is 2.18. The molecule has 1 heterocycles. The van der Waals surface area contributed by atoms with Crippen LogP contribution < -0.4 is 10.4 Å². The molecule has 31 heavy (non-hydrogen) atoms. The molecule has 0 spiro atoms. The third kappa shape index (κ3) is 3.91. The Morgan fingerprint density at radius 1 is 0.839 bits per heavy atom. The molecule has 0 fully saturated rings. The van der Waals surface area contributed by atoms with Gasteiger partial charge in [-0.3, -0.25) is 4.99 Å². The first-order valence-electron chi connectivity index (χ1n) is 11.0. The van der Waals surface area contributed by atoms with Crippen LogP contribution in [0.4, 0.5) is 0 Å². The second-order valence-electron chi connectivity index (χ2n) is 8.35. The average molecular weight is 424 g/mol. The first-order valence-corrected chi connectivity index (χ1v) is 11.5.